The van der Waals surface area contributed by atoms with Crippen LogP contribution < -0.4 is 5.46 Å². The maximum Gasteiger partial charge on any atom is 0.488 e. The predicted molar refractivity (Wildman–Crippen MR) is 122 cm³/mol. The van der Waals surface area contributed by atoms with E-state index < -0.39 is 7.12 Å². The molecule has 0 aromatic heterocycles. The van der Waals surface area contributed by atoms with Gasteiger partial charge in [0.2, 0.25) is 0 Å². The van der Waals surface area contributed by atoms with Gasteiger partial charge in [-0.25, -0.2) is 0 Å². The van der Waals surface area contributed by atoms with Gasteiger partial charge < -0.3 is 10.0 Å². The topological polar surface area (TPSA) is 43.7 Å². The summed E-state index contributed by atoms with van der Waals surface area (Å²) in [6.45, 7) is 1.43. The largest absolute Gasteiger partial charge is 0.488 e. The van der Waals surface area contributed by atoms with Gasteiger partial charge in [-0.3, -0.25) is 4.90 Å². The molecule has 0 atom stereocenters. The summed E-state index contributed by atoms with van der Waals surface area (Å²) in [5, 5.41) is 27.1. The average molecular weight is 379 g/mol. The molecule has 29 heavy (non-hydrogen) atoms. The summed E-state index contributed by atoms with van der Waals surface area (Å²) < 4.78 is 0. The molecule has 0 aliphatic carbocycles. The Morgan fingerprint density at radius 3 is 2.03 bits per heavy atom. The normalized spacial score (nSPS) is 11.9. The number of benzene rings is 5. The van der Waals surface area contributed by atoms with Crippen LogP contribution in [0.4, 0.5) is 0 Å². The lowest BCUT2D eigenvalue weighted by molar-refractivity contribution is 0.320. The maximum atomic E-state index is 9.64. The van der Waals surface area contributed by atoms with Crippen LogP contribution >= 0.6 is 0 Å². The second kappa shape index (κ2) is 7.16. The highest BCUT2D eigenvalue weighted by Gasteiger charge is 2.17. The Bertz CT molecular complexity index is 1300. The fraction of sp³-hybridized carbons (Fsp3) is 0.120. The minimum Gasteiger partial charge on any atom is -0.423 e. The van der Waals surface area contributed by atoms with E-state index >= 15 is 0 Å². The van der Waals surface area contributed by atoms with Crippen molar-refractivity contribution >= 4 is 44.9 Å². The third-order valence-electron chi connectivity index (χ3n) is 5.83. The van der Waals surface area contributed by atoms with Crippen LogP contribution in [0.3, 0.4) is 0 Å². The minimum absolute atomic E-state index is 0.565. The summed E-state index contributed by atoms with van der Waals surface area (Å²) in [5.74, 6) is 0. The lowest BCUT2D eigenvalue weighted by Crippen LogP contribution is -2.34. The van der Waals surface area contributed by atoms with Gasteiger partial charge in [0.1, 0.15) is 0 Å². The van der Waals surface area contributed by atoms with Crippen LogP contribution in [0.25, 0.3) is 32.3 Å². The second-order valence-corrected chi connectivity index (χ2v) is 7.83. The van der Waals surface area contributed by atoms with E-state index in [2.05, 4.69) is 66.5 Å². The summed E-state index contributed by atoms with van der Waals surface area (Å²) in [6.07, 6.45) is 0. The first-order valence-electron chi connectivity index (χ1n) is 9.90. The van der Waals surface area contributed by atoms with Crippen LogP contribution in [-0.4, -0.2) is 29.1 Å². The molecule has 0 heterocycles. The van der Waals surface area contributed by atoms with E-state index in [-0.39, 0.29) is 0 Å². The molecule has 0 fully saturated rings. The maximum absolute atomic E-state index is 9.64. The van der Waals surface area contributed by atoms with Crippen molar-refractivity contribution in [3.8, 4) is 0 Å². The fourth-order valence-corrected chi connectivity index (χ4v) is 4.50. The smallest absolute Gasteiger partial charge is 0.423 e. The third kappa shape index (κ3) is 3.16. The van der Waals surface area contributed by atoms with Gasteiger partial charge in [0, 0.05) is 13.1 Å². The molecular formula is C25H22BNO2. The lowest BCUT2D eigenvalue weighted by atomic mass is 9.77. The molecule has 4 heteroatoms. The van der Waals surface area contributed by atoms with E-state index in [9.17, 15) is 10.0 Å². The zero-order valence-corrected chi connectivity index (χ0v) is 16.3. The molecule has 0 bridgehead atoms. The summed E-state index contributed by atoms with van der Waals surface area (Å²) in [4.78, 5) is 2.22. The van der Waals surface area contributed by atoms with Crippen molar-refractivity contribution in [3.63, 3.8) is 0 Å². The Morgan fingerprint density at radius 2 is 1.28 bits per heavy atom. The van der Waals surface area contributed by atoms with E-state index in [1.54, 1.807) is 6.07 Å². The van der Waals surface area contributed by atoms with Gasteiger partial charge in [0.15, 0.2) is 0 Å². The highest BCUT2D eigenvalue weighted by molar-refractivity contribution is 6.59. The van der Waals surface area contributed by atoms with Crippen LogP contribution in [0, 0.1) is 0 Å². The molecule has 5 rings (SSSR count). The Balaban J connectivity index is 1.54. The minimum atomic E-state index is -1.45. The number of hydrogen-bond donors (Lipinski definition) is 2. The molecular weight excluding hydrogens is 357 g/mol. The molecule has 5 aromatic carbocycles. The fourth-order valence-electron chi connectivity index (χ4n) is 4.50. The van der Waals surface area contributed by atoms with E-state index in [0.717, 1.165) is 12.1 Å². The van der Waals surface area contributed by atoms with Gasteiger partial charge >= 0.3 is 7.12 Å². The number of rotatable bonds is 5. The molecule has 5 aromatic rings. The van der Waals surface area contributed by atoms with Gasteiger partial charge in [-0.05, 0) is 56.0 Å². The van der Waals surface area contributed by atoms with Crippen LogP contribution in [0.5, 0.6) is 0 Å². The first-order chi connectivity index (χ1) is 14.1. The molecule has 0 aliphatic rings. The van der Waals surface area contributed by atoms with Crippen molar-refractivity contribution in [3.05, 3.63) is 90.0 Å². The van der Waals surface area contributed by atoms with Crippen LogP contribution in [0.2, 0.25) is 0 Å². The first-order valence-corrected chi connectivity index (χ1v) is 9.90. The molecule has 0 spiro atoms. The van der Waals surface area contributed by atoms with Crippen LogP contribution in [0.15, 0.2) is 78.9 Å². The summed E-state index contributed by atoms with van der Waals surface area (Å²) >= 11 is 0. The third-order valence-corrected chi connectivity index (χ3v) is 5.83. The van der Waals surface area contributed by atoms with Gasteiger partial charge in [0.05, 0.1) is 0 Å². The van der Waals surface area contributed by atoms with Crippen molar-refractivity contribution in [1.29, 1.82) is 0 Å². The highest BCUT2D eigenvalue weighted by atomic mass is 16.4. The molecule has 0 aliphatic heterocycles. The number of nitrogens with zero attached hydrogens (tertiary/aromatic N) is 1. The molecule has 0 saturated carbocycles. The summed E-state index contributed by atoms with van der Waals surface area (Å²) in [7, 11) is 0.618. The van der Waals surface area contributed by atoms with Gasteiger partial charge in [-0.15, -0.1) is 0 Å². The predicted octanol–water partition coefficient (Wildman–Crippen LogP) is 3.90. The van der Waals surface area contributed by atoms with Crippen molar-refractivity contribution < 1.29 is 10.0 Å². The second-order valence-electron chi connectivity index (χ2n) is 7.83. The van der Waals surface area contributed by atoms with Crippen molar-refractivity contribution in [1.82, 2.24) is 4.90 Å². The molecule has 0 amide bonds. The molecule has 0 unspecified atom stereocenters. The van der Waals surface area contributed by atoms with Crippen molar-refractivity contribution in [2.24, 2.45) is 0 Å². The Morgan fingerprint density at radius 1 is 0.655 bits per heavy atom. The Labute approximate surface area is 170 Å². The summed E-state index contributed by atoms with van der Waals surface area (Å²) in [5.41, 5.74) is 2.78. The van der Waals surface area contributed by atoms with Crippen LogP contribution in [0.1, 0.15) is 11.1 Å². The quantitative estimate of drug-likeness (QED) is 0.360. The molecule has 0 radical (unpaired) electrons. The Hall–Kier alpha value is -2.92. The average Bonchev–Trinajstić information content (AvgIpc) is 2.73. The van der Waals surface area contributed by atoms with Gasteiger partial charge in [0.25, 0.3) is 0 Å². The van der Waals surface area contributed by atoms with Gasteiger partial charge in [-0.1, -0.05) is 78.9 Å². The highest BCUT2D eigenvalue weighted by Crippen LogP contribution is 2.36. The zero-order valence-electron chi connectivity index (χ0n) is 16.3. The number of hydrogen-bond acceptors (Lipinski definition) is 3. The summed E-state index contributed by atoms with van der Waals surface area (Å²) in [6, 6.07) is 27.2. The first kappa shape index (κ1) is 18.1. The SMILES string of the molecule is CN(Cc1ccccc1B(O)O)Cc1ccc2ccc3cccc4ccc1c2c34. The Kier molecular flexibility index (Phi) is 4.48. The molecule has 142 valence electrons. The van der Waals surface area contributed by atoms with E-state index in [0.29, 0.717) is 12.0 Å². The monoisotopic (exact) mass is 379 g/mol. The lowest BCUT2D eigenvalue weighted by Gasteiger charge is -2.21. The zero-order chi connectivity index (χ0) is 20.0. The standard InChI is InChI=1S/C25H22BNO2/c1-27(16-21-5-2-3-8-23(21)26(28)29)15-20-12-11-19-10-9-17-6-4-7-18-13-14-22(20)25(19)24(17)18/h2-14,28-29H,15-16H2,1H3. The van der Waals surface area contributed by atoms with Crippen molar-refractivity contribution in [2.45, 2.75) is 13.1 Å². The van der Waals surface area contributed by atoms with Crippen LogP contribution in [-0.2, 0) is 13.1 Å². The molecule has 3 nitrogen and oxygen atoms in total. The molecule has 2 N–H and O–H groups in total. The van der Waals surface area contributed by atoms with Gasteiger partial charge in [-0.2, -0.15) is 0 Å². The van der Waals surface area contributed by atoms with E-state index in [1.165, 1.54) is 37.9 Å². The van der Waals surface area contributed by atoms with E-state index in [4.69, 9.17) is 0 Å². The van der Waals surface area contributed by atoms with E-state index in [1.807, 2.05) is 18.2 Å². The molecule has 0 saturated heterocycles. The van der Waals surface area contributed by atoms with Crippen molar-refractivity contribution in [2.75, 3.05) is 7.05 Å².